The number of fused-ring (bicyclic) bond motifs is 4. The van der Waals surface area contributed by atoms with Crippen molar-refractivity contribution in [3.05, 3.63) is 65.4 Å². The summed E-state index contributed by atoms with van der Waals surface area (Å²) in [6.07, 6.45) is 10.5. The fraction of sp³-hybridized carbons (Fsp3) is 0.533. The number of para-hydroxylation sites is 1. The van der Waals surface area contributed by atoms with Crippen LogP contribution in [0.1, 0.15) is 110 Å². The number of hydrogen-bond donors (Lipinski definition) is 2. The number of carbonyl (C=O) groups excluding carboxylic acids is 3. The molecule has 2 N–H and O–H groups in total. The van der Waals surface area contributed by atoms with E-state index in [-0.39, 0.29) is 47.4 Å². The Morgan fingerprint density at radius 1 is 1.02 bits per heavy atom. The first kappa shape index (κ1) is 41.3. The van der Waals surface area contributed by atoms with Crippen molar-refractivity contribution in [1.82, 2.24) is 44.4 Å². The number of amides is 3. The molecule has 0 spiro atoms. The smallest absolute Gasteiger partial charge is 0.284 e. The Kier molecular flexibility index (Phi) is 11.4. The molecule has 3 atom stereocenters. The van der Waals surface area contributed by atoms with Crippen LogP contribution < -0.4 is 15.5 Å². The zero-order valence-electron chi connectivity index (χ0n) is 35.2. The zero-order chi connectivity index (χ0) is 43.2. The summed E-state index contributed by atoms with van der Waals surface area (Å²) in [6, 6.07) is 7.63. The van der Waals surface area contributed by atoms with E-state index in [1.807, 2.05) is 31.3 Å². The maximum atomic E-state index is 14.3. The summed E-state index contributed by atoms with van der Waals surface area (Å²) in [5.74, 6) is 6.07. The summed E-state index contributed by atoms with van der Waals surface area (Å²) in [4.78, 5) is 47.3. The monoisotopic (exact) mass is 863 g/mol. The predicted molar refractivity (Wildman–Crippen MR) is 227 cm³/mol. The largest absolute Gasteiger partial charge is 0.371 e. The Labute approximate surface area is 362 Å². The quantitative estimate of drug-likeness (QED) is 0.141. The van der Waals surface area contributed by atoms with Gasteiger partial charge in [0, 0.05) is 64.0 Å². The molecule has 4 aliphatic heterocycles. The van der Waals surface area contributed by atoms with Gasteiger partial charge >= 0.3 is 0 Å². The molecule has 63 heavy (non-hydrogen) atoms. The van der Waals surface area contributed by atoms with E-state index in [4.69, 9.17) is 14.5 Å². The SMILES string of the molecule is Cn1nc(C2CCC(=O)NC2=O)c2cccc(C#CCOC3CCN(CC4CCC(n5cc(NC(=O)c6cnn7ccc(N8CC9CCC(C8)O9)nc67)c(C(F)F)n5)CC4)CC3)c21. The normalized spacial score (nSPS) is 24.6. The van der Waals surface area contributed by atoms with Gasteiger partial charge in [0.05, 0.1) is 58.9 Å². The highest BCUT2D eigenvalue weighted by Crippen LogP contribution is 2.37. The van der Waals surface area contributed by atoms with Crippen LogP contribution in [-0.2, 0) is 26.1 Å². The minimum absolute atomic E-state index is 0.000136. The third-order valence-electron chi connectivity index (χ3n) is 13.5. The number of imide groups is 1. The molecular formula is C45H51F2N11O5. The zero-order valence-corrected chi connectivity index (χ0v) is 35.2. The lowest BCUT2D eigenvalue weighted by Crippen LogP contribution is -2.43. The first-order valence-electron chi connectivity index (χ1n) is 22.2. The predicted octanol–water partition coefficient (Wildman–Crippen LogP) is 5.15. The van der Waals surface area contributed by atoms with Gasteiger partial charge in [-0.3, -0.25) is 29.1 Å². The number of nitrogens with zero attached hydrogens (tertiary/aromatic N) is 9. The highest BCUT2D eigenvalue weighted by atomic mass is 19.3. The number of hydrogen-bond acceptors (Lipinski definition) is 11. The second kappa shape index (κ2) is 17.4. The van der Waals surface area contributed by atoms with Crippen molar-refractivity contribution in [2.75, 3.05) is 49.5 Å². The fourth-order valence-corrected chi connectivity index (χ4v) is 10.2. The summed E-state index contributed by atoms with van der Waals surface area (Å²) >= 11 is 0. The topological polar surface area (TPSA) is 166 Å². The van der Waals surface area contributed by atoms with Crippen LogP contribution in [0, 0.1) is 17.8 Å². The molecule has 3 amide bonds. The van der Waals surface area contributed by atoms with E-state index < -0.39 is 23.9 Å². The number of nitrogens with one attached hydrogen (secondary N) is 2. The molecule has 2 bridgehead atoms. The lowest BCUT2D eigenvalue weighted by atomic mass is 9.85. The van der Waals surface area contributed by atoms with Gasteiger partial charge in [0.1, 0.15) is 18.0 Å². The summed E-state index contributed by atoms with van der Waals surface area (Å²) < 4.78 is 45.7. The Morgan fingerprint density at radius 3 is 2.57 bits per heavy atom. The van der Waals surface area contributed by atoms with E-state index in [9.17, 15) is 23.2 Å². The van der Waals surface area contributed by atoms with Crippen molar-refractivity contribution in [3.8, 4) is 11.8 Å². The molecule has 8 heterocycles. The molecule has 330 valence electrons. The number of carbonyl (C=O) groups is 3. The number of likely N-dealkylation sites (tertiary alicyclic amines) is 1. The van der Waals surface area contributed by atoms with Crippen LogP contribution in [-0.4, -0.2) is 114 Å². The Hall–Kier alpha value is -5.77. The molecule has 5 aromatic rings. The van der Waals surface area contributed by atoms with Gasteiger partial charge in [0.25, 0.3) is 12.3 Å². The molecular weight excluding hydrogens is 813 g/mol. The van der Waals surface area contributed by atoms with Gasteiger partial charge in [0.15, 0.2) is 11.3 Å². The summed E-state index contributed by atoms with van der Waals surface area (Å²) in [5.41, 5.74) is 2.44. The third-order valence-corrected chi connectivity index (χ3v) is 13.5. The van der Waals surface area contributed by atoms with Crippen molar-refractivity contribution >= 4 is 45.8 Å². The number of rotatable bonds is 10. The van der Waals surface area contributed by atoms with Crippen molar-refractivity contribution in [2.45, 2.75) is 101 Å². The molecule has 1 aliphatic carbocycles. The maximum absolute atomic E-state index is 14.3. The molecule has 5 aliphatic rings. The van der Waals surface area contributed by atoms with E-state index >= 15 is 0 Å². The average Bonchev–Trinajstić information content (AvgIpc) is 4.07. The highest BCUT2D eigenvalue weighted by molar-refractivity contribution is 6.08. The van der Waals surface area contributed by atoms with Crippen LogP contribution in [0.15, 0.2) is 42.9 Å². The molecule has 3 unspecified atom stereocenters. The van der Waals surface area contributed by atoms with E-state index in [1.165, 1.54) is 10.7 Å². The fourth-order valence-electron chi connectivity index (χ4n) is 10.2. The van der Waals surface area contributed by atoms with Crippen molar-refractivity contribution in [3.63, 3.8) is 0 Å². The molecule has 16 nitrogen and oxygen atoms in total. The first-order chi connectivity index (χ1) is 30.6. The van der Waals surface area contributed by atoms with Crippen LogP contribution in [0.2, 0.25) is 0 Å². The molecule has 0 radical (unpaired) electrons. The number of piperidine rings is 2. The van der Waals surface area contributed by atoms with E-state index in [0.29, 0.717) is 36.7 Å². The van der Waals surface area contributed by atoms with Crippen LogP contribution in [0.3, 0.4) is 0 Å². The van der Waals surface area contributed by atoms with E-state index in [0.717, 1.165) is 106 Å². The molecule has 18 heteroatoms. The van der Waals surface area contributed by atoms with Crippen molar-refractivity contribution in [1.29, 1.82) is 0 Å². The van der Waals surface area contributed by atoms with Gasteiger partial charge in [-0.25, -0.2) is 18.3 Å². The lowest BCUT2D eigenvalue weighted by molar-refractivity contribution is -0.134. The summed E-state index contributed by atoms with van der Waals surface area (Å²) in [5, 5.41) is 19.3. The number of aromatic nitrogens is 7. The molecule has 10 rings (SSSR count). The van der Waals surface area contributed by atoms with Gasteiger partial charge in [-0.1, -0.05) is 24.0 Å². The highest BCUT2D eigenvalue weighted by Gasteiger charge is 2.35. The third kappa shape index (κ3) is 8.53. The van der Waals surface area contributed by atoms with Crippen LogP contribution in [0.5, 0.6) is 0 Å². The molecule has 1 aromatic carbocycles. The van der Waals surface area contributed by atoms with Crippen molar-refractivity contribution in [2.24, 2.45) is 13.0 Å². The molecule has 5 fully saturated rings. The second-order valence-corrected chi connectivity index (χ2v) is 17.6. The van der Waals surface area contributed by atoms with Crippen LogP contribution in [0.25, 0.3) is 16.6 Å². The summed E-state index contributed by atoms with van der Waals surface area (Å²) in [6.45, 7) is 4.63. The van der Waals surface area contributed by atoms with Gasteiger partial charge in [-0.15, -0.1) is 0 Å². The standard InChI is InChI=1S/C45H51F2N11O5/c1-54-41-28(4-2-6-33(41)39(52-54)34-13-14-38(59)51-44(34)60)5-3-21-62-30-15-18-55(19-16-30)23-27-7-9-29(10-8-27)58-26-36(40(53-58)42(46)47)49-45(61)35-22-48-57-20-17-37(50-43(35)57)56-24-31-11-12-32(25-56)63-31/h2,4,6,17,20,22,26-27,29-32,34,42H,7-16,18-19,21,23-25H2,1H3,(H,49,61)(H,51,59,60). The molecule has 4 aromatic heterocycles. The van der Waals surface area contributed by atoms with Gasteiger partial charge in [-0.05, 0) is 75.8 Å². The van der Waals surface area contributed by atoms with E-state index in [2.05, 4.69) is 47.6 Å². The number of aryl methyl sites for hydroxylation is 1. The summed E-state index contributed by atoms with van der Waals surface area (Å²) in [7, 11) is 1.84. The van der Waals surface area contributed by atoms with Crippen LogP contribution >= 0.6 is 0 Å². The number of benzene rings is 1. The minimum atomic E-state index is -2.86. The number of anilines is 2. The van der Waals surface area contributed by atoms with Gasteiger partial charge in [0.2, 0.25) is 11.8 Å². The number of halogens is 2. The molecule has 1 saturated carbocycles. The maximum Gasteiger partial charge on any atom is 0.284 e. The van der Waals surface area contributed by atoms with Crippen molar-refractivity contribution < 1.29 is 32.6 Å². The van der Waals surface area contributed by atoms with Gasteiger partial charge < -0.3 is 24.6 Å². The first-order valence-corrected chi connectivity index (χ1v) is 22.2. The average molecular weight is 864 g/mol. The number of ether oxygens (including phenoxy) is 2. The second-order valence-electron chi connectivity index (χ2n) is 17.6. The molecule has 4 saturated heterocycles. The van der Waals surface area contributed by atoms with E-state index in [1.54, 1.807) is 21.8 Å². The Bertz CT molecular complexity index is 2580. The van der Waals surface area contributed by atoms with Gasteiger partial charge in [-0.2, -0.15) is 15.3 Å². The Balaban J connectivity index is 0.694. The minimum Gasteiger partial charge on any atom is -0.371 e. The Morgan fingerprint density at radius 2 is 1.81 bits per heavy atom. The lowest BCUT2D eigenvalue weighted by Gasteiger charge is -2.36. The van der Waals surface area contributed by atoms with Crippen LogP contribution in [0.4, 0.5) is 20.3 Å². The number of alkyl halides is 2. The number of morpholine rings is 1.